The van der Waals surface area contributed by atoms with E-state index in [1.807, 2.05) is 87.5 Å². The van der Waals surface area contributed by atoms with Gasteiger partial charge < -0.3 is 14.8 Å². The van der Waals surface area contributed by atoms with E-state index in [1.54, 1.807) is 19.1 Å². The van der Waals surface area contributed by atoms with E-state index in [0.717, 1.165) is 11.1 Å². The molecule has 0 radical (unpaired) electrons. The first kappa shape index (κ1) is 23.9. The summed E-state index contributed by atoms with van der Waals surface area (Å²) in [5.41, 5.74) is 1.57. The third kappa shape index (κ3) is 8.91. The van der Waals surface area contributed by atoms with Gasteiger partial charge in [0, 0.05) is 6.42 Å². The minimum atomic E-state index is -0.722. The fourth-order valence-corrected chi connectivity index (χ4v) is 2.81. The summed E-state index contributed by atoms with van der Waals surface area (Å²) in [5.74, 6) is -0.950. The van der Waals surface area contributed by atoms with Gasteiger partial charge in [-0.3, -0.25) is 0 Å². The number of allylic oxidation sites excluding steroid dienone is 1. The molecule has 0 saturated carbocycles. The average molecular weight is 422 g/mol. The van der Waals surface area contributed by atoms with Crippen molar-refractivity contribution in [2.75, 3.05) is 6.61 Å². The molecule has 5 nitrogen and oxygen atoms in total. The number of carbonyl (C=O) groups excluding carboxylic acids is 2. The molecule has 0 fully saturated rings. The third-order valence-corrected chi connectivity index (χ3v) is 4.23. The molecule has 2 aromatic carbocycles. The van der Waals surface area contributed by atoms with Gasteiger partial charge in [-0.25, -0.2) is 9.59 Å². The molecule has 0 aromatic heterocycles. The van der Waals surface area contributed by atoms with Gasteiger partial charge in [0.05, 0.1) is 0 Å². The van der Waals surface area contributed by atoms with Crippen LogP contribution in [-0.2, 0) is 25.5 Å². The molecule has 5 heteroatoms. The van der Waals surface area contributed by atoms with Crippen LogP contribution in [0.3, 0.4) is 0 Å². The minimum absolute atomic E-state index is 0.128. The van der Waals surface area contributed by atoms with Crippen molar-refractivity contribution in [3.8, 4) is 0 Å². The second kappa shape index (κ2) is 11.7. The maximum atomic E-state index is 12.8. The molecule has 0 saturated heterocycles. The number of ether oxygens (including phenoxy) is 2. The lowest BCUT2D eigenvalue weighted by atomic mass is 10.1. The summed E-state index contributed by atoms with van der Waals surface area (Å²) in [6.45, 7) is 7.29. The first-order chi connectivity index (χ1) is 14.8. The highest BCUT2D eigenvalue weighted by atomic mass is 16.6. The van der Waals surface area contributed by atoms with E-state index in [9.17, 15) is 9.59 Å². The number of rotatable bonds is 9. The zero-order chi connectivity index (χ0) is 22.7. The molecular weight excluding hydrogens is 390 g/mol. The molecule has 0 unspecified atom stereocenters. The third-order valence-electron chi connectivity index (χ3n) is 4.23. The number of nitrogens with one attached hydrogen (secondary N) is 1. The molecule has 0 aliphatic heterocycles. The first-order valence-electron chi connectivity index (χ1n) is 10.4. The lowest BCUT2D eigenvalue weighted by molar-refractivity contribution is -0.157. The Balaban J connectivity index is 2.02. The topological polar surface area (TPSA) is 64.6 Å². The van der Waals surface area contributed by atoms with Gasteiger partial charge in [-0.05, 0) is 44.9 Å². The zero-order valence-electron chi connectivity index (χ0n) is 18.6. The normalized spacial score (nSPS) is 13.0. The van der Waals surface area contributed by atoms with Gasteiger partial charge >= 0.3 is 11.9 Å². The number of benzene rings is 2. The Hall–Kier alpha value is -3.34. The molecule has 0 aliphatic carbocycles. The van der Waals surface area contributed by atoms with Crippen LogP contribution in [0.15, 0.2) is 78.5 Å². The van der Waals surface area contributed by atoms with Crippen LogP contribution in [0.25, 0.3) is 6.08 Å². The van der Waals surface area contributed by atoms with Crippen LogP contribution in [0.2, 0.25) is 0 Å². The number of esters is 2. The highest BCUT2D eigenvalue weighted by Gasteiger charge is 2.27. The van der Waals surface area contributed by atoms with Crippen LogP contribution in [-0.4, -0.2) is 30.2 Å². The molecule has 0 spiro atoms. The minimum Gasteiger partial charge on any atom is -0.458 e. The summed E-state index contributed by atoms with van der Waals surface area (Å²) in [4.78, 5) is 25.3. The number of hydrogen-bond donors (Lipinski definition) is 1. The fourth-order valence-electron chi connectivity index (χ4n) is 2.81. The summed E-state index contributed by atoms with van der Waals surface area (Å²) in [6, 6.07) is 18.6. The Morgan fingerprint density at radius 3 is 2.19 bits per heavy atom. The molecule has 164 valence electrons. The van der Waals surface area contributed by atoms with Crippen LogP contribution in [0.5, 0.6) is 0 Å². The molecule has 2 aromatic rings. The second-order valence-corrected chi connectivity index (χ2v) is 8.03. The Kier molecular flexibility index (Phi) is 9.07. The molecule has 0 bridgehead atoms. The Labute approximate surface area is 184 Å². The Morgan fingerprint density at radius 1 is 1.00 bits per heavy atom. The maximum absolute atomic E-state index is 12.8. The van der Waals surface area contributed by atoms with Gasteiger partial charge in [-0.1, -0.05) is 72.8 Å². The number of hydrogen-bond acceptors (Lipinski definition) is 5. The molecule has 2 rings (SSSR count). The fraction of sp³-hybridized carbons (Fsp3) is 0.308. The lowest BCUT2D eigenvalue weighted by Crippen LogP contribution is -2.44. The van der Waals surface area contributed by atoms with E-state index >= 15 is 0 Å². The smallest absolute Gasteiger partial charge is 0.354 e. The molecular formula is C26H31NO4. The van der Waals surface area contributed by atoms with Crippen molar-refractivity contribution in [3.63, 3.8) is 0 Å². The Bertz CT molecular complexity index is 896. The van der Waals surface area contributed by atoms with E-state index in [2.05, 4.69) is 5.32 Å². The van der Waals surface area contributed by atoms with E-state index in [1.165, 1.54) is 0 Å². The van der Waals surface area contributed by atoms with E-state index in [4.69, 9.17) is 9.47 Å². The van der Waals surface area contributed by atoms with E-state index < -0.39 is 23.6 Å². The summed E-state index contributed by atoms with van der Waals surface area (Å²) in [7, 11) is 0. The van der Waals surface area contributed by atoms with Gasteiger partial charge in [-0.2, -0.15) is 0 Å². The van der Waals surface area contributed by atoms with Crippen LogP contribution < -0.4 is 5.32 Å². The predicted octanol–water partition coefficient (Wildman–Crippen LogP) is 4.69. The van der Waals surface area contributed by atoms with Crippen molar-refractivity contribution in [1.29, 1.82) is 0 Å². The van der Waals surface area contributed by atoms with E-state index in [0.29, 0.717) is 6.42 Å². The summed E-state index contributed by atoms with van der Waals surface area (Å²) in [6.07, 6.45) is 5.64. The van der Waals surface area contributed by atoms with Crippen LogP contribution in [0.4, 0.5) is 0 Å². The standard InChI is InChI=1S/C26H31NO4/c1-5-22(24(28)30-18-12-17-20-13-8-6-9-14-20)27-23(25(29)31-26(2,3)4)19-21-15-10-7-11-16-21/h5-17,23,27H,18-19H2,1-4H3/b17-12?,22-5-/t23-/m0/s1. The summed E-state index contributed by atoms with van der Waals surface area (Å²) < 4.78 is 10.9. The monoisotopic (exact) mass is 421 g/mol. The van der Waals surface area contributed by atoms with E-state index in [-0.39, 0.29) is 12.3 Å². The van der Waals surface area contributed by atoms with Crippen LogP contribution in [0.1, 0.15) is 38.8 Å². The quantitative estimate of drug-likeness (QED) is 0.470. The molecule has 0 heterocycles. The SMILES string of the molecule is C/C=C(\N[C@@H](Cc1ccccc1)C(=O)OC(C)(C)C)C(=O)OCC=Cc1ccccc1. The van der Waals surface area contributed by atoms with Crippen molar-refractivity contribution in [1.82, 2.24) is 5.32 Å². The van der Waals surface area contributed by atoms with Crippen molar-refractivity contribution in [2.24, 2.45) is 0 Å². The van der Waals surface area contributed by atoms with Crippen LogP contribution in [0, 0.1) is 0 Å². The molecule has 1 N–H and O–H groups in total. The number of carbonyl (C=O) groups is 2. The molecule has 0 aliphatic rings. The Morgan fingerprint density at radius 2 is 1.61 bits per heavy atom. The van der Waals surface area contributed by atoms with Crippen molar-refractivity contribution in [2.45, 2.75) is 45.8 Å². The van der Waals surface area contributed by atoms with Crippen molar-refractivity contribution < 1.29 is 19.1 Å². The molecule has 1 atom stereocenters. The molecule has 0 amide bonds. The largest absolute Gasteiger partial charge is 0.458 e. The summed E-state index contributed by atoms with van der Waals surface area (Å²) in [5, 5.41) is 3.02. The summed E-state index contributed by atoms with van der Waals surface area (Å²) >= 11 is 0. The zero-order valence-corrected chi connectivity index (χ0v) is 18.6. The van der Waals surface area contributed by atoms with Gasteiger partial charge in [0.1, 0.15) is 23.9 Å². The second-order valence-electron chi connectivity index (χ2n) is 8.03. The van der Waals surface area contributed by atoms with Gasteiger partial charge in [0.25, 0.3) is 0 Å². The molecule has 31 heavy (non-hydrogen) atoms. The van der Waals surface area contributed by atoms with Crippen LogP contribution >= 0.6 is 0 Å². The van der Waals surface area contributed by atoms with Crippen molar-refractivity contribution >= 4 is 18.0 Å². The average Bonchev–Trinajstić information content (AvgIpc) is 2.74. The maximum Gasteiger partial charge on any atom is 0.354 e. The highest BCUT2D eigenvalue weighted by molar-refractivity contribution is 5.89. The first-order valence-corrected chi connectivity index (χ1v) is 10.4. The lowest BCUT2D eigenvalue weighted by Gasteiger charge is -2.25. The van der Waals surface area contributed by atoms with Gasteiger partial charge in [0.15, 0.2) is 0 Å². The predicted molar refractivity (Wildman–Crippen MR) is 123 cm³/mol. The van der Waals surface area contributed by atoms with Gasteiger partial charge in [-0.15, -0.1) is 0 Å². The van der Waals surface area contributed by atoms with Crippen molar-refractivity contribution in [3.05, 3.63) is 89.6 Å². The highest BCUT2D eigenvalue weighted by Crippen LogP contribution is 2.13. The van der Waals surface area contributed by atoms with Gasteiger partial charge in [0.2, 0.25) is 0 Å².